The molecule has 0 unspecified atom stereocenters. The normalized spacial score (nSPS) is 24.4. The first-order chi connectivity index (χ1) is 13.3. The second kappa shape index (κ2) is 7.80. The van der Waals surface area contributed by atoms with E-state index in [0.717, 1.165) is 42.8 Å². The summed E-state index contributed by atoms with van der Waals surface area (Å²) in [7, 11) is -0.998. The van der Waals surface area contributed by atoms with E-state index in [1.165, 1.54) is 0 Å². The summed E-state index contributed by atoms with van der Waals surface area (Å²) in [5, 5.41) is 23.1. The predicted molar refractivity (Wildman–Crippen MR) is 120 cm³/mol. The Labute approximate surface area is 175 Å². The molecule has 2 heterocycles. The second-order valence-corrected chi connectivity index (χ2v) is 12.8. The fourth-order valence-electron chi connectivity index (χ4n) is 3.97. The third kappa shape index (κ3) is 4.60. The van der Waals surface area contributed by atoms with Crippen LogP contribution >= 0.6 is 10.6 Å². The van der Waals surface area contributed by atoms with Crippen LogP contribution in [0.5, 0.6) is 0 Å². The molecular formula is C21H36N4O3S. The predicted octanol–water partition coefficient (Wildman–Crippen LogP) is 4.35. The largest absolute Gasteiger partial charge is 0.393 e. The fourth-order valence-corrected chi connectivity index (χ4v) is 5.86. The molecule has 3 rings (SSSR count). The van der Waals surface area contributed by atoms with E-state index in [-0.39, 0.29) is 17.4 Å². The topological polar surface area (TPSA) is 103 Å². The van der Waals surface area contributed by atoms with E-state index in [9.17, 15) is 14.2 Å². The van der Waals surface area contributed by atoms with E-state index in [1.54, 1.807) is 0 Å². The minimum atomic E-state index is -2.90. The van der Waals surface area contributed by atoms with Gasteiger partial charge < -0.3 is 5.11 Å². The molecular weight excluding hydrogens is 388 g/mol. The molecule has 0 radical (unpaired) electrons. The first kappa shape index (κ1) is 22.5. The molecule has 0 amide bonds. The van der Waals surface area contributed by atoms with Gasteiger partial charge in [-0.2, -0.15) is 25.9 Å². The summed E-state index contributed by atoms with van der Waals surface area (Å²) < 4.78 is 23.1. The van der Waals surface area contributed by atoms with Crippen molar-refractivity contribution in [2.24, 2.45) is 23.2 Å². The molecule has 3 N–H and O–H groups in total. The molecule has 7 nitrogen and oxygen atoms in total. The van der Waals surface area contributed by atoms with E-state index in [2.05, 4.69) is 42.1 Å². The van der Waals surface area contributed by atoms with Crippen LogP contribution in [0.1, 0.15) is 78.1 Å². The molecule has 1 aromatic heterocycles. The lowest BCUT2D eigenvalue weighted by atomic mass is 9.89. The van der Waals surface area contributed by atoms with Crippen LogP contribution in [-0.4, -0.2) is 52.0 Å². The zero-order valence-electron chi connectivity index (χ0n) is 18.5. The number of aliphatic hydroxyl groups is 1. The summed E-state index contributed by atoms with van der Waals surface area (Å²) in [6.45, 7) is 10.1. The highest BCUT2D eigenvalue weighted by molar-refractivity contribution is 8.26. The van der Waals surface area contributed by atoms with Crippen LogP contribution in [-0.2, 0) is 12.5 Å². The molecule has 1 fully saturated rings. The van der Waals surface area contributed by atoms with Gasteiger partial charge in [-0.25, -0.2) is 0 Å². The Balaban J connectivity index is 1.71. The van der Waals surface area contributed by atoms with Gasteiger partial charge in [-0.1, -0.05) is 20.8 Å². The van der Waals surface area contributed by atoms with Gasteiger partial charge >= 0.3 is 0 Å². The molecule has 0 bridgehead atoms. The van der Waals surface area contributed by atoms with Crippen LogP contribution < -0.4 is 0 Å². The lowest BCUT2D eigenvalue weighted by Crippen LogP contribution is -2.40. The highest BCUT2D eigenvalue weighted by Gasteiger charge is 2.43. The van der Waals surface area contributed by atoms with Gasteiger partial charge in [-0.05, 0) is 51.5 Å². The van der Waals surface area contributed by atoms with Crippen molar-refractivity contribution in [1.29, 1.82) is 0 Å². The Morgan fingerprint density at radius 1 is 1.07 bits per heavy atom. The van der Waals surface area contributed by atoms with E-state index in [1.807, 2.05) is 25.6 Å². The van der Waals surface area contributed by atoms with E-state index in [4.69, 9.17) is 0 Å². The van der Waals surface area contributed by atoms with Crippen LogP contribution in [0.15, 0.2) is 16.3 Å². The van der Waals surface area contributed by atoms with Crippen LogP contribution in [0.2, 0.25) is 0 Å². The molecule has 0 atom stereocenters. The minimum absolute atomic E-state index is 0.0544. The standard InChI is InChI=1S/C21H36N4O3S/c1-20(2,3)18-12-17(25(6)24-18)16-11-19(23-22-16)21(4,5)29(27,28)13-14-7-9-15(26)10-8-14/h12,14-15,26-28H,7-11,13H2,1-6H3. The lowest BCUT2D eigenvalue weighted by molar-refractivity contribution is 0.112. The summed E-state index contributed by atoms with van der Waals surface area (Å²) in [4.78, 5) is 0. The van der Waals surface area contributed by atoms with Crippen LogP contribution in [0.3, 0.4) is 0 Å². The first-order valence-electron chi connectivity index (χ1n) is 10.4. The molecule has 0 aromatic carbocycles. The number of hydrogen-bond acceptors (Lipinski definition) is 6. The quantitative estimate of drug-likeness (QED) is 0.654. The van der Waals surface area contributed by atoms with Gasteiger partial charge in [0.25, 0.3) is 0 Å². The van der Waals surface area contributed by atoms with Gasteiger partial charge in [0.05, 0.1) is 33.7 Å². The lowest BCUT2D eigenvalue weighted by Gasteiger charge is -2.48. The third-order valence-corrected chi connectivity index (χ3v) is 9.17. The number of nitrogens with zero attached hydrogens (tertiary/aromatic N) is 4. The molecule has 1 aliphatic heterocycles. The van der Waals surface area contributed by atoms with Crippen molar-refractivity contribution in [1.82, 2.24) is 9.78 Å². The van der Waals surface area contributed by atoms with E-state index >= 15 is 0 Å². The van der Waals surface area contributed by atoms with Gasteiger partial charge in [-0.3, -0.25) is 13.8 Å². The average molecular weight is 425 g/mol. The van der Waals surface area contributed by atoms with Crippen LogP contribution in [0.25, 0.3) is 0 Å². The second-order valence-electron chi connectivity index (χ2n) is 10.1. The van der Waals surface area contributed by atoms with Crippen molar-refractivity contribution in [2.75, 3.05) is 5.75 Å². The molecule has 8 heteroatoms. The highest BCUT2D eigenvalue weighted by Crippen LogP contribution is 2.56. The monoisotopic (exact) mass is 424 g/mol. The maximum absolute atomic E-state index is 11.1. The zero-order chi connectivity index (χ0) is 21.6. The summed E-state index contributed by atoms with van der Waals surface area (Å²) in [5.74, 6) is 0.595. The Kier molecular flexibility index (Phi) is 6.04. The smallest absolute Gasteiger partial charge is 0.0940 e. The number of aromatic nitrogens is 2. The van der Waals surface area contributed by atoms with E-state index in [0.29, 0.717) is 17.9 Å². The molecule has 0 spiro atoms. The Bertz CT molecular complexity index is 812. The van der Waals surface area contributed by atoms with Gasteiger partial charge in [0.2, 0.25) is 0 Å². The summed E-state index contributed by atoms with van der Waals surface area (Å²) in [6, 6.07) is 2.05. The number of aliphatic hydroxyl groups excluding tert-OH is 1. The maximum Gasteiger partial charge on any atom is 0.0940 e. The Hall–Kier alpha value is -1.22. The van der Waals surface area contributed by atoms with Gasteiger partial charge in [-0.15, -0.1) is 0 Å². The number of hydrogen-bond donors (Lipinski definition) is 3. The average Bonchev–Trinajstić information content (AvgIpc) is 3.23. The van der Waals surface area contributed by atoms with Crippen molar-refractivity contribution >= 4 is 22.0 Å². The third-order valence-electron chi connectivity index (χ3n) is 6.37. The molecule has 1 aliphatic carbocycles. The SMILES string of the molecule is Cn1nc(C(C)(C)C)cc1C1=NN=C(C(C)(C)S(O)(O)CC2CCC(O)CC2)C1. The van der Waals surface area contributed by atoms with Gasteiger partial charge in [0, 0.05) is 24.6 Å². The minimum Gasteiger partial charge on any atom is -0.393 e. The zero-order valence-corrected chi connectivity index (χ0v) is 19.3. The van der Waals surface area contributed by atoms with E-state index < -0.39 is 15.3 Å². The summed E-state index contributed by atoms with van der Waals surface area (Å²) in [6.07, 6.45) is 3.41. The highest BCUT2D eigenvalue weighted by atomic mass is 32.3. The summed E-state index contributed by atoms with van der Waals surface area (Å²) >= 11 is 0. The first-order valence-corrected chi connectivity index (χ1v) is 12.1. The molecule has 29 heavy (non-hydrogen) atoms. The number of rotatable bonds is 5. The van der Waals surface area contributed by atoms with Crippen LogP contribution in [0, 0.1) is 5.92 Å². The molecule has 1 saturated carbocycles. The molecule has 1 aromatic rings. The Morgan fingerprint density at radius 2 is 1.69 bits per heavy atom. The van der Waals surface area contributed by atoms with Gasteiger partial charge in [0.15, 0.2) is 0 Å². The van der Waals surface area contributed by atoms with Crippen molar-refractivity contribution in [3.63, 3.8) is 0 Å². The molecule has 0 saturated heterocycles. The summed E-state index contributed by atoms with van der Waals surface area (Å²) in [5.41, 5.74) is 3.38. The van der Waals surface area contributed by atoms with Crippen molar-refractivity contribution in [2.45, 2.75) is 83.0 Å². The fraction of sp³-hybridized carbons (Fsp3) is 0.762. The van der Waals surface area contributed by atoms with Gasteiger partial charge in [0.1, 0.15) is 0 Å². The molecule has 2 aliphatic rings. The van der Waals surface area contributed by atoms with Crippen molar-refractivity contribution < 1.29 is 14.2 Å². The maximum atomic E-state index is 11.1. The van der Waals surface area contributed by atoms with Crippen LogP contribution in [0.4, 0.5) is 0 Å². The number of aryl methyl sites for hydroxylation is 1. The molecule has 164 valence electrons. The Morgan fingerprint density at radius 3 is 2.24 bits per heavy atom. The van der Waals surface area contributed by atoms with Crippen molar-refractivity contribution in [3.05, 3.63) is 17.5 Å². The van der Waals surface area contributed by atoms with Crippen molar-refractivity contribution in [3.8, 4) is 0 Å².